The Kier molecular flexibility index (Phi) is 3.45. The van der Waals surface area contributed by atoms with E-state index in [2.05, 4.69) is 22.1 Å². The smallest absolute Gasteiger partial charge is 0.378 e. The van der Waals surface area contributed by atoms with Gasteiger partial charge < -0.3 is 4.74 Å². The van der Waals surface area contributed by atoms with Crippen molar-refractivity contribution in [2.45, 2.75) is 51.4 Å². The molecule has 1 heterocycles. The van der Waals surface area contributed by atoms with E-state index in [1.807, 2.05) is 0 Å². The van der Waals surface area contributed by atoms with Crippen molar-refractivity contribution in [2.75, 3.05) is 6.61 Å². The van der Waals surface area contributed by atoms with Gasteiger partial charge in [0.2, 0.25) is 0 Å². The number of H-pyrrole nitrogens is 1. The van der Waals surface area contributed by atoms with Gasteiger partial charge in [0.15, 0.2) is 0 Å². The number of carbonyl (C=O) groups excluding carboxylic acids is 1. The van der Waals surface area contributed by atoms with Gasteiger partial charge in [-0.05, 0) is 19.8 Å². The van der Waals surface area contributed by atoms with E-state index in [0.29, 0.717) is 6.61 Å². The van der Waals surface area contributed by atoms with E-state index in [1.165, 1.54) is 19.3 Å². The highest BCUT2D eigenvalue weighted by Crippen LogP contribution is 2.36. The quantitative estimate of drug-likeness (QED) is 0.818. The first-order valence-corrected chi connectivity index (χ1v) is 6.26. The fourth-order valence-electron chi connectivity index (χ4n) is 2.39. The molecule has 1 aliphatic rings. The second-order valence-electron chi connectivity index (χ2n) is 4.85. The van der Waals surface area contributed by atoms with Crippen molar-refractivity contribution < 1.29 is 9.53 Å². The molecule has 1 N–H and O–H groups in total. The van der Waals surface area contributed by atoms with Crippen LogP contribution in [0.15, 0.2) is 0 Å². The van der Waals surface area contributed by atoms with Gasteiger partial charge in [-0.1, -0.05) is 26.2 Å². The van der Waals surface area contributed by atoms with Crippen LogP contribution in [0.3, 0.4) is 0 Å². The van der Waals surface area contributed by atoms with Crippen LogP contribution in [0.5, 0.6) is 0 Å². The van der Waals surface area contributed by atoms with Crippen molar-refractivity contribution in [3.05, 3.63) is 11.6 Å². The molecule has 5 heteroatoms. The van der Waals surface area contributed by atoms with Gasteiger partial charge in [0.1, 0.15) is 5.82 Å². The first-order valence-electron chi connectivity index (χ1n) is 6.26. The van der Waals surface area contributed by atoms with E-state index in [-0.39, 0.29) is 11.2 Å². The summed E-state index contributed by atoms with van der Waals surface area (Å²) in [6.07, 6.45) is 5.92. The number of esters is 1. The fraction of sp³-hybridized carbons (Fsp3) is 0.750. The fourth-order valence-corrected chi connectivity index (χ4v) is 2.39. The molecule has 1 fully saturated rings. The lowest BCUT2D eigenvalue weighted by Gasteiger charge is -2.30. The number of aromatic nitrogens is 3. The average Bonchev–Trinajstić information content (AvgIpc) is 2.80. The van der Waals surface area contributed by atoms with E-state index in [9.17, 15) is 4.79 Å². The molecule has 2 rings (SSSR count). The molecule has 0 atom stereocenters. The first kappa shape index (κ1) is 12.1. The number of ether oxygens (including phenoxy) is 1. The maximum absolute atomic E-state index is 11.5. The third-order valence-electron chi connectivity index (χ3n) is 3.47. The van der Waals surface area contributed by atoms with E-state index in [4.69, 9.17) is 4.74 Å². The Hall–Kier alpha value is -1.39. The highest BCUT2D eigenvalue weighted by molar-refractivity contribution is 5.84. The number of nitrogens with zero attached hydrogens (tertiary/aromatic N) is 2. The molecular formula is C12H19N3O2. The van der Waals surface area contributed by atoms with E-state index < -0.39 is 5.97 Å². The number of hydrogen-bond donors (Lipinski definition) is 1. The van der Waals surface area contributed by atoms with Crippen LogP contribution >= 0.6 is 0 Å². The number of rotatable bonds is 3. The number of hydrogen-bond acceptors (Lipinski definition) is 4. The van der Waals surface area contributed by atoms with Crippen molar-refractivity contribution in [3.8, 4) is 0 Å². The summed E-state index contributed by atoms with van der Waals surface area (Å²) in [6, 6.07) is 0. The second-order valence-corrected chi connectivity index (χ2v) is 4.85. The minimum absolute atomic E-state index is 0.0377. The zero-order valence-corrected chi connectivity index (χ0v) is 10.5. The van der Waals surface area contributed by atoms with Gasteiger partial charge in [-0.3, -0.25) is 5.10 Å². The second kappa shape index (κ2) is 4.85. The highest BCUT2D eigenvalue weighted by Gasteiger charge is 2.32. The lowest BCUT2D eigenvalue weighted by atomic mass is 9.75. The Bertz CT molecular complexity index is 394. The third kappa shape index (κ3) is 2.48. The molecule has 94 valence electrons. The summed E-state index contributed by atoms with van der Waals surface area (Å²) in [5.74, 6) is 0.517. The molecule has 0 radical (unpaired) electrons. The summed E-state index contributed by atoms with van der Waals surface area (Å²) in [5.41, 5.74) is 0.0377. The summed E-state index contributed by atoms with van der Waals surface area (Å²) in [7, 11) is 0. The van der Waals surface area contributed by atoms with E-state index in [0.717, 1.165) is 18.7 Å². The minimum atomic E-state index is -0.450. The Morgan fingerprint density at radius 2 is 2.12 bits per heavy atom. The largest absolute Gasteiger partial charge is 0.460 e. The zero-order chi connectivity index (χ0) is 12.3. The molecule has 0 aliphatic heterocycles. The lowest BCUT2D eigenvalue weighted by Crippen LogP contribution is -2.26. The molecule has 0 saturated heterocycles. The van der Waals surface area contributed by atoms with Crippen molar-refractivity contribution in [2.24, 2.45) is 0 Å². The SMILES string of the molecule is CCOC(=O)c1n[nH]c(C2(C)CCCCC2)n1. The maximum atomic E-state index is 11.5. The summed E-state index contributed by atoms with van der Waals surface area (Å²) in [4.78, 5) is 15.8. The highest BCUT2D eigenvalue weighted by atomic mass is 16.5. The molecule has 0 spiro atoms. The molecule has 1 aromatic rings. The van der Waals surface area contributed by atoms with E-state index in [1.54, 1.807) is 6.92 Å². The van der Waals surface area contributed by atoms with Gasteiger partial charge in [-0.15, -0.1) is 5.10 Å². The predicted molar refractivity (Wildman–Crippen MR) is 62.8 cm³/mol. The van der Waals surface area contributed by atoms with Crippen molar-refractivity contribution in [1.29, 1.82) is 0 Å². The number of aromatic amines is 1. The third-order valence-corrected chi connectivity index (χ3v) is 3.47. The monoisotopic (exact) mass is 237 g/mol. The van der Waals surface area contributed by atoms with Crippen molar-refractivity contribution in [3.63, 3.8) is 0 Å². The normalized spacial score (nSPS) is 18.9. The minimum Gasteiger partial charge on any atom is -0.460 e. The molecule has 0 amide bonds. The zero-order valence-electron chi connectivity index (χ0n) is 10.5. The number of nitrogens with one attached hydrogen (secondary N) is 1. The Morgan fingerprint density at radius 1 is 1.41 bits per heavy atom. The Balaban J connectivity index is 2.14. The van der Waals surface area contributed by atoms with Gasteiger partial charge in [0.05, 0.1) is 6.61 Å². The van der Waals surface area contributed by atoms with Crippen LogP contribution < -0.4 is 0 Å². The van der Waals surface area contributed by atoms with Crippen LogP contribution in [0.25, 0.3) is 0 Å². The van der Waals surface area contributed by atoms with Gasteiger partial charge >= 0.3 is 5.97 Å². The molecule has 1 aromatic heterocycles. The number of carbonyl (C=O) groups is 1. The molecule has 1 saturated carbocycles. The van der Waals surface area contributed by atoms with Crippen LogP contribution in [0, 0.1) is 0 Å². The first-order chi connectivity index (χ1) is 8.15. The lowest BCUT2D eigenvalue weighted by molar-refractivity contribution is 0.0512. The maximum Gasteiger partial charge on any atom is 0.378 e. The average molecular weight is 237 g/mol. The van der Waals surface area contributed by atoms with Gasteiger partial charge in [0, 0.05) is 5.41 Å². The summed E-state index contributed by atoms with van der Waals surface area (Å²) >= 11 is 0. The van der Waals surface area contributed by atoms with Crippen LogP contribution in [-0.2, 0) is 10.2 Å². The van der Waals surface area contributed by atoms with Crippen LogP contribution in [0.1, 0.15) is 62.4 Å². The molecule has 1 aliphatic carbocycles. The topological polar surface area (TPSA) is 67.9 Å². The molecule has 5 nitrogen and oxygen atoms in total. The summed E-state index contributed by atoms with van der Waals surface area (Å²) in [5, 5.41) is 6.84. The van der Waals surface area contributed by atoms with Crippen LogP contribution in [-0.4, -0.2) is 27.8 Å². The van der Waals surface area contributed by atoms with E-state index >= 15 is 0 Å². The summed E-state index contributed by atoms with van der Waals surface area (Å²) in [6.45, 7) is 4.30. The molecule has 0 unspecified atom stereocenters. The Morgan fingerprint density at radius 3 is 2.76 bits per heavy atom. The van der Waals surface area contributed by atoms with Gasteiger partial charge in [-0.25, -0.2) is 9.78 Å². The van der Waals surface area contributed by atoms with Crippen molar-refractivity contribution in [1.82, 2.24) is 15.2 Å². The Labute approximate surface area is 101 Å². The molecular weight excluding hydrogens is 218 g/mol. The molecule has 0 aromatic carbocycles. The van der Waals surface area contributed by atoms with Crippen LogP contribution in [0.2, 0.25) is 0 Å². The van der Waals surface area contributed by atoms with Gasteiger partial charge in [0.25, 0.3) is 5.82 Å². The molecule has 0 bridgehead atoms. The van der Waals surface area contributed by atoms with Crippen molar-refractivity contribution >= 4 is 5.97 Å². The predicted octanol–water partition coefficient (Wildman–Crippen LogP) is 2.20. The molecule has 17 heavy (non-hydrogen) atoms. The standard InChI is InChI=1S/C12H19N3O2/c1-3-17-10(16)9-13-11(15-14-9)12(2)7-5-4-6-8-12/h3-8H2,1-2H3,(H,13,14,15). The summed E-state index contributed by atoms with van der Waals surface area (Å²) < 4.78 is 4.88. The van der Waals surface area contributed by atoms with Crippen LogP contribution in [0.4, 0.5) is 0 Å². The van der Waals surface area contributed by atoms with Gasteiger partial charge in [-0.2, -0.15) is 0 Å².